The van der Waals surface area contributed by atoms with Crippen LogP contribution in [0.1, 0.15) is 12.5 Å². The summed E-state index contributed by atoms with van der Waals surface area (Å²) in [4.78, 5) is 6.29. The van der Waals surface area contributed by atoms with Crippen LogP contribution < -0.4 is 4.90 Å². The summed E-state index contributed by atoms with van der Waals surface area (Å²) >= 11 is 5.73. The maximum atomic E-state index is 13.2. The van der Waals surface area contributed by atoms with Gasteiger partial charge in [0, 0.05) is 24.3 Å². The molecule has 0 radical (unpaired) electrons. The van der Waals surface area contributed by atoms with Gasteiger partial charge in [0.15, 0.2) is 0 Å². The number of alkyl halides is 1. The first-order valence-electron chi connectivity index (χ1n) is 5.78. The quantitative estimate of drug-likeness (QED) is 0.773. The maximum absolute atomic E-state index is 13.2. The van der Waals surface area contributed by atoms with Crippen molar-refractivity contribution in [2.24, 2.45) is 0 Å². The second-order valence-corrected chi connectivity index (χ2v) is 4.15. The smallest absolute Gasteiger partial charge is 0.132 e. The van der Waals surface area contributed by atoms with Crippen LogP contribution in [0, 0.1) is 5.82 Å². The zero-order valence-corrected chi connectivity index (χ0v) is 10.9. The minimum absolute atomic E-state index is 0.247. The zero-order chi connectivity index (χ0) is 13.0. The highest BCUT2D eigenvalue weighted by Crippen LogP contribution is 2.24. The lowest BCUT2D eigenvalue weighted by molar-refractivity contribution is 0.627. The average molecular weight is 265 g/mol. The summed E-state index contributed by atoms with van der Waals surface area (Å²) in [7, 11) is 0. The molecule has 0 aliphatic carbocycles. The summed E-state index contributed by atoms with van der Waals surface area (Å²) in [6.45, 7) is 2.72. The number of rotatable bonds is 4. The highest BCUT2D eigenvalue weighted by Gasteiger charge is 2.09. The van der Waals surface area contributed by atoms with Gasteiger partial charge < -0.3 is 4.90 Å². The molecule has 2 nitrogen and oxygen atoms in total. The van der Waals surface area contributed by atoms with Gasteiger partial charge in [-0.2, -0.15) is 0 Å². The van der Waals surface area contributed by atoms with E-state index in [0.29, 0.717) is 5.88 Å². The van der Waals surface area contributed by atoms with Crippen molar-refractivity contribution in [1.82, 2.24) is 4.98 Å². The molecule has 1 heterocycles. The first-order chi connectivity index (χ1) is 8.74. The van der Waals surface area contributed by atoms with E-state index in [0.717, 1.165) is 23.6 Å². The van der Waals surface area contributed by atoms with E-state index in [4.69, 9.17) is 11.6 Å². The van der Waals surface area contributed by atoms with Crippen molar-refractivity contribution in [3.63, 3.8) is 0 Å². The molecular weight excluding hydrogens is 251 g/mol. The van der Waals surface area contributed by atoms with Crippen LogP contribution in [0.15, 0.2) is 42.6 Å². The molecule has 0 unspecified atom stereocenters. The van der Waals surface area contributed by atoms with Crippen molar-refractivity contribution in [3.05, 3.63) is 54.0 Å². The number of hydrogen-bond acceptors (Lipinski definition) is 2. The Morgan fingerprint density at radius 2 is 2.11 bits per heavy atom. The zero-order valence-electron chi connectivity index (χ0n) is 10.1. The van der Waals surface area contributed by atoms with E-state index >= 15 is 0 Å². The fraction of sp³-hybridized carbons (Fsp3) is 0.214. The Labute approximate surface area is 111 Å². The van der Waals surface area contributed by atoms with Gasteiger partial charge in [-0.05, 0) is 36.8 Å². The van der Waals surface area contributed by atoms with Crippen LogP contribution in [0.2, 0.25) is 0 Å². The number of halogens is 2. The molecule has 2 aromatic rings. The Morgan fingerprint density at radius 1 is 1.28 bits per heavy atom. The number of anilines is 2. The number of pyridine rings is 1. The maximum Gasteiger partial charge on any atom is 0.132 e. The van der Waals surface area contributed by atoms with Crippen LogP contribution in [0.5, 0.6) is 0 Å². The van der Waals surface area contributed by atoms with Crippen molar-refractivity contribution in [3.8, 4) is 0 Å². The standard InChI is InChI=1S/C14H14ClFN2/c1-2-18(13-5-3-4-12(16)8-13)14-7-6-11(9-15)10-17-14/h3-8,10H,2,9H2,1H3. The Bertz CT molecular complexity index is 513. The van der Waals surface area contributed by atoms with E-state index in [-0.39, 0.29) is 5.82 Å². The monoisotopic (exact) mass is 264 g/mol. The summed E-state index contributed by atoms with van der Waals surface area (Å²) in [6, 6.07) is 10.3. The molecule has 0 aliphatic rings. The molecule has 0 saturated carbocycles. The fourth-order valence-electron chi connectivity index (χ4n) is 1.78. The van der Waals surface area contributed by atoms with E-state index in [1.807, 2.05) is 30.0 Å². The molecule has 0 amide bonds. The summed E-state index contributed by atoms with van der Waals surface area (Å²) in [5.41, 5.74) is 1.76. The van der Waals surface area contributed by atoms with Gasteiger partial charge in [-0.1, -0.05) is 12.1 Å². The Hall–Kier alpha value is -1.61. The average Bonchev–Trinajstić information content (AvgIpc) is 2.40. The second-order valence-electron chi connectivity index (χ2n) is 3.88. The molecule has 0 N–H and O–H groups in total. The molecule has 2 rings (SSSR count). The Morgan fingerprint density at radius 3 is 2.67 bits per heavy atom. The lowest BCUT2D eigenvalue weighted by atomic mass is 10.2. The number of hydrogen-bond donors (Lipinski definition) is 0. The molecule has 0 atom stereocenters. The molecular formula is C14H14ClFN2. The molecule has 0 bridgehead atoms. The highest BCUT2D eigenvalue weighted by atomic mass is 35.5. The summed E-state index contributed by atoms with van der Waals surface area (Å²) < 4.78 is 13.2. The number of aromatic nitrogens is 1. The van der Waals surface area contributed by atoms with Crippen LogP contribution in [-0.4, -0.2) is 11.5 Å². The van der Waals surface area contributed by atoms with E-state index in [1.165, 1.54) is 12.1 Å². The third kappa shape index (κ3) is 2.79. The summed E-state index contributed by atoms with van der Waals surface area (Å²) in [5.74, 6) is 0.986. The third-order valence-electron chi connectivity index (χ3n) is 2.68. The van der Waals surface area contributed by atoms with E-state index in [9.17, 15) is 4.39 Å². The van der Waals surface area contributed by atoms with Crippen molar-refractivity contribution >= 4 is 23.1 Å². The van der Waals surface area contributed by atoms with Gasteiger partial charge in [-0.3, -0.25) is 0 Å². The van der Waals surface area contributed by atoms with Gasteiger partial charge in [0.25, 0.3) is 0 Å². The third-order valence-corrected chi connectivity index (χ3v) is 2.98. The van der Waals surface area contributed by atoms with E-state index in [2.05, 4.69) is 4.98 Å². The van der Waals surface area contributed by atoms with Crippen LogP contribution in [0.3, 0.4) is 0 Å². The van der Waals surface area contributed by atoms with Gasteiger partial charge in [0.1, 0.15) is 11.6 Å². The molecule has 4 heteroatoms. The van der Waals surface area contributed by atoms with Gasteiger partial charge in [0.05, 0.1) is 0 Å². The number of benzene rings is 1. The van der Waals surface area contributed by atoms with Crippen LogP contribution in [0.4, 0.5) is 15.9 Å². The Balaban J connectivity index is 2.32. The molecule has 94 valence electrons. The highest BCUT2D eigenvalue weighted by molar-refractivity contribution is 6.17. The lowest BCUT2D eigenvalue weighted by Crippen LogP contribution is -2.17. The Kier molecular flexibility index (Phi) is 4.15. The molecule has 18 heavy (non-hydrogen) atoms. The normalized spacial score (nSPS) is 10.4. The van der Waals surface area contributed by atoms with Crippen LogP contribution in [0.25, 0.3) is 0 Å². The predicted molar refractivity (Wildman–Crippen MR) is 72.9 cm³/mol. The minimum Gasteiger partial charge on any atom is -0.327 e. The second kappa shape index (κ2) is 5.83. The van der Waals surface area contributed by atoms with Gasteiger partial charge in [-0.15, -0.1) is 11.6 Å². The number of nitrogens with zero attached hydrogens (tertiary/aromatic N) is 2. The van der Waals surface area contributed by atoms with Crippen molar-refractivity contribution in [2.75, 3.05) is 11.4 Å². The van der Waals surface area contributed by atoms with E-state index in [1.54, 1.807) is 12.3 Å². The van der Waals surface area contributed by atoms with Crippen LogP contribution >= 0.6 is 11.6 Å². The van der Waals surface area contributed by atoms with Crippen molar-refractivity contribution in [2.45, 2.75) is 12.8 Å². The SMILES string of the molecule is CCN(c1cccc(F)c1)c1ccc(CCl)cn1. The summed E-state index contributed by atoms with van der Waals surface area (Å²) in [5, 5.41) is 0. The molecule has 0 spiro atoms. The first kappa shape index (κ1) is 12.8. The van der Waals surface area contributed by atoms with Gasteiger partial charge in [-0.25, -0.2) is 9.37 Å². The summed E-state index contributed by atoms with van der Waals surface area (Å²) in [6.07, 6.45) is 1.74. The molecule has 1 aromatic carbocycles. The first-order valence-corrected chi connectivity index (χ1v) is 6.32. The largest absolute Gasteiger partial charge is 0.327 e. The van der Waals surface area contributed by atoms with E-state index < -0.39 is 0 Å². The predicted octanol–water partition coefficient (Wildman–Crippen LogP) is 4.12. The molecule has 0 aliphatic heterocycles. The topological polar surface area (TPSA) is 16.1 Å². The molecule has 0 saturated heterocycles. The van der Waals surface area contributed by atoms with Crippen LogP contribution in [-0.2, 0) is 5.88 Å². The molecule has 1 aromatic heterocycles. The van der Waals surface area contributed by atoms with Gasteiger partial charge >= 0.3 is 0 Å². The van der Waals surface area contributed by atoms with Gasteiger partial charge in [0.2, 0.25) is 0 Å². The minimum atomic E-state index is -0.247. The van der Waals surface area contributed by atoms with Crippen molar-refractivity contribution < 1.29 is 4.39 Å². The fourth-order valence-corrected chi connectivity index (χ4v) is 1.93. The molecule has 0 fully saturated rings. The lowest BCUT2D eigenvalue weighted by Gasteiger charge is -2.22. The van der Waals surface area contributed by atoms with Crippen molar-refractivity contribution in [1.29, 1.82) is 0 Å².